The van der Waals surface area contributed by atoms with E-state index in [1.54, 1.807) is 24.5 Å². The number of hydrogen-bond donors (Lipinski definition) is 1. The van der Waals surface area contributed by atoms with Crippen LogP contribution in [0.3, 0.4) is 0 Å². The Morgan fingerprint density at radius 1 is 1.32 bits per heavy atom. The largest absolute Gasteiger partial charge is 0.351 e. The van der Waals surface area contributed by atoms with Crippen molar-refractivity contribution in [2.24, 2.45) is 5.92 Å². The van der Waals surface area contributed by atoms with Gasteiger partial charge in [0.1, 0.15) is 0 Å². The van der Waals surface area contributed by atoms with E-state index in [0.717, 1.165) is 17.0 Å². The van der Waals surface area contributed by atoms with E-state index in [9.17, 15) is 4.79 Å². The smallest absolute Gasteiger partial charge is 0.251 e. The molecule has 98 valence electrons. The van der Waals surface area contributed by atoms with Crippen molar-refractivity contribution in [1.82, 2.24) is 15.3 Å². The highest BCUT2D eigenvalue weighted by atomic mass is 79.9. The number of fused-ring (bicyclic) bond motifs is 1. The lowest BCUT2D eigenvalue weighted by Gasteiger charge is -2.10. The molecule has 0 saturated heterocycles. The number of nitrogens with zero attached hydrogens (tertiary/aromatic N) is 2. The zero-order valence-corrected chi connectivity index (χ0v) is 11.9. The fourth-order valence-electron chi connectivity index (χ4n) is 2.02. The number of alkyl halides is 1. The van der Waals surface area contributed by atoms with E-state index in [0.29, 0.717) is 16.9 Å². The lowest BCUT2D eigenvalue weighted by molar-refractivity contribution is 0.0953. The van der Waals surface area contributed by atoms with Crippen LogP contribution in [0.25, 0.3) is 11.0 Å². The van der Waals surface area contributed by atoms with E-state index in [1.807, 2.05) is 6.07 Å². The SMILES string of the molecule is O=C(NCC(Br)C1CC1)c1ccc2nccnc2c1. The van der Waals surface area contributed by atoms with Crippen molar-refractivity contribution in [3.05, 3.63) is 36.2 Å². The fraction of sp³-hybridized carbons (Fsp3) is 0.357. The van der Waals surface area contributed by atoms with Gasteiger partial charge in [-0.1, -0.05) is 15.9 Å². The number of carbonyl (C=O) groups excluding carboxylic acids is 1. The van der Waals surface area contributed by atoms with Crippen LogP contribution in [0.5, 0.6) is 0 Å². The average Bonchev–Trinajstić information content (AvgIpc) is 3.28. The van der Waals surface area contributed by atoms with Crippen LogP contribution in [-0.4, -0.2) is 27.2 Å². The molecule has 1 saturated carbocycles. The van der Waals surface area contributed by atoms with E-state index in [1.165, 1.54) is 12.8 Å². The molecule has 0 spiro atoms. The Morgan fingerprint density at radius 3 is 2.79 bits per heavy atom. The first-order valence-corrected chi connectivity index (χ1v) is 7.28. The predicted molar refractivity (Wildman–Crippen MR) is 77.3 cm³/mol. The Morgan fingerprint density at radius 2 is 2.05 bits per heavy atom. The minimum absolute atomic E-state index is 0.0577. The van der Waals surface area contributed by atoms with Crippen molar-refractivity contribution in [2.75, 3.05) is 6.54 Å². The molecule has 2 aromatic rings. The second-order valence-electron chi connectivity index (χ2n) is 4.82. The molecule has 1 heterocycles. The average molecular weight is 320 g/mol. The second-order valence-corrected chi connectivity index (χ2v) is 6.00. The molecule has 19 heavy (non-hydrogen) atoms. The van der Waals surface area contributed by atoms with Crippen molar-refractivity contribution >= 4 is 32.9 Å². The molecule has 1 aliphatic carbocycles. The van der Waals surface area contributed by atoms with Gasteiger partial charge in [0.25, 0.3) is 5.91 Å². The fourth-order valence-corrected chi connectivity index (χ4v) is 2.71. The van der Waals surface area contributed by atoms with Crippen molar-refractivity contribution in [3.8, 4) is 0 Å². The number of hydrogen-bond acceptors (Lipinski definition) is 3. The van der Waals surface area contributed by atoms with Gasteiger partial charge in [-0.05, 0) is 37.0 Å². The second kappa shape index (κ2) is 5.25. The van der Waals surface area contributed by atoms with Gasteiger partial charge in [-0.2, -0.15) is 0 Å². The Bertz CT molecular complexity index is 612. The first kappa shape index (κ1) is 12.5. The quantitative estimate of drug-likeness (QED) is 0.881. The summed E-state index contributed by atoms with van der Waals surface area (Å²) in [7, 11) is 0. The molecule has 0 aliphatic heterocycles. The van der Waals surface area contributed by atoms with E-state index in [2.05, 4.69) is 31.2 Å². The van der Waals surface area contributed by atoms with Gasteiger partial charge < -0.3 is 5.32 Å². The van der Waals surface area contributed by atoms with E-state index in [-0.39, 0.29) is 5.91 Å². The third-order valence-electron chi connectivity index (χ3n) is 3.32. The van der Waals surface area contributed by atoms with Crippen LogP contribution in [0.15, 0.2) is 30.6 Å². The predicted octanol–water partition coefficient (Wildman–Crippen LogP) is 2.53. The molecule has 0 bridgehead atoms. The Labute approximate surface area is 119 Å². The maximum atomic E-state index is 12.1. The van der Waals surface area contributed by atoms with Gasteiger partial charge in [0.15, 0.2) is 0 Å². The molecule has 1 amide bonds. The van der Waals surface area contributed by atoms with Gasteiger partial charge in [0.05, 0.1) is 11.0 Å². The Balaban J connectivity index is 1.70. The summed E-state index contributed by atoms with van der Waals surface area (Å²) in [5.74, 6) is 0.667. The molecule has 1 aromatic heterocycles. The van der Waals surface area contributed by atoms with Gasteiger partial charge in [-0.25, -0.2) is 0 Å². The van der Waals surface area contributed by atoms with E-state index < -0.39 is 0 Å². The van der Waals surface area contributed by atoms with Crippen LogP contribution >= 0.6 is 15.9 Å². The number of rotatable bonds is 4. The van der Waals surface area contributed by atoms with Crippen LogP contribution in [0.4, 0.5) is 0 Å². The normalized spacial score (nSPS) is 16.3. The molecule has 5 heteroatoms. The summed E-state index contributed by atoms with van der Waals surface area (Å²) in [6.45, 7) is 0.669. The third kappa shape index (κ3) is 2.92. The van der Waals surface area contributed by atoms with Gasteiger partial charge in [-0.3, -0.25) is 14.8 Å². The first-order chi connectivity index (χ1) is 9.24. The maximum Gasteiger partial charge on any atom is 0.251 e. The molecule has 4 nitrogen and oxygen atoms in total. The molecule has 3 rings (SSSR count). The molecule has 1 aliphatic rings. The summed E-state index contributed by atoms with van der Waals surface area (Å²) < 4.78 is 0. The van der Waals surface area contributed by atoms with Gasteiger partial charge in [0.2, 0.25) is 0 Å². The highest BCUT2D eigenvalue weighted by Gasteiger charge is 2.29. The molecular formula is C14H14BrN3O. The van der Waals surface area contributed by atoms with Crippen LogP contribution in [0, 0.1) is 5.92 Å². The molecule has 1 aromatic carbocycles. The van der Waals surface area contributed by atoms with E-state index in [4.69, 9.17) is 0 Å². The maximum absolute atomic E-state index is 12.1. The zero-order valence-electron chi connectivity index (χ0n) is 10.3. The van der Waals surface area contributed by atoms with Crippen LogP contribution in [0.2, 0.25) is 0 Å². The van der Waals surface area contributed by atoms with E-state index >= 15 is 0 Å². The number of benzene rings is 1. The number of amides is 1. The number of carbonyl (C=O) groups is 1. The molecule has 1 atom stereocenters. The Hall–Kier alpha value is -1.49. The number of aromatic nitrogens is 2. The summed E-state index contributed by atoms with van der Waals surface area (Å²) in [5.41, 5.74) is 2.17. The zero-order chi connectivity index (χ0) is 13.2. The molecule has 1 fully saturated rings. The molecule has 1 unspecified atom stereocenters. The highest BCUT2D eigenvalue weighted by molar-refractivity contribution is 9.09. The summed E-state index contributed by atoms with van der Waals surface area (Å²) in [4.78, 5) is 20.8. The standard InChI is InChI=1S/C14H14BrN3O/c15-11(9-1-2-9)8-18-14(19)10-3-4-12-13(7-10)17-6-5-16-12/h3-7,9,11H,1-2,8H2,(H,18,19). The minimum Gasteiger partial charge on any atom is -0.351 e. The highest BCUT2D eigenvalue weighted by Crippen LogP contribution is 2.36. The monoisotopic (exact) mass is 319 g/mol. The van der Waals surface area contributed by atoms with Crippen LogP contribution in [0.1, 0.15) is 23.2 Å². The van der Waals surface area contributed by atoms with Gasteiger partial charge in [0, 0.05) is 29.3 Å². The minimum atomic E-state index is -0.0577. The number of nitrogens with one attached hydrogen (secondary N) is 1. The summed E-state index contributed by atoms with van der Waals surface area (Å²) in [5, 5.41) is 2.95. The third-order valence-corrected chi connectivity index (χ3v) is 4.39. The first-order valence-electron chi connectivity index (χ1n) is 6.37. The molecule has 1 N–H and O–H groups in total. The topological polar surface area (TPSA) is 54.9 Å². The van der Waals surface area contributed by atoms with Gasteiger partial charge in [-0.15, -0.1) is 0 Å². The van der Waals surface area contributed by atoms with Crippen LogP contribution in [-0.2, 0) is 0 Å². The van der Waals surface area contributed by atoms with Crippen molar-refractivity contribution in [3.63, 3.8) is 0 Å². The summed E-state index contributed by atoms with van der Waals surface area (Å²) in [6.07, 6.45) is 5.80. The van der Waals surface area contributed by atoms with Crippen LogP contribution < -0.4 is 5.32 Å². The lowest BCUT2D eigenvalue weighted by Crippen LogP contribution is -2.30. The van der Waals surface area contributed by atoms with Gasteiger partial charge >= 0.3 is 0 Å². The molecule has 0 radical (unpaired) electrons. The molecular weight excluding hydrogens is 306 g/mol. The van der Waals surface area contributed by atoms with Crippen molar-refractivity contribution < 1.29 is 4.79 Å². The summed E-state index contributed by atoms with van der Waals surface area (Å²) in [6, 6.07) is 5.38. The summed E-state index contributed by atoms with van der Waals surface area (Å²) >= 11 is 3.61. The number of halogens is 1. The Kier molecular flexibility index (Phi) is 3.46. The lowest BCUT2D eigenvalue weighted by atomic mass is 10.1. The van der Waals surface area contributed by atoms with Crippen molar-refractivity contribution in [2.45, 2.75) is 17.7 Å². The van der Waals surface area contributed by atoms with Crippen molar-refractivity contribution in [1.29, 1.82) is 0 Å².